The molecule has 0 saturated heterocycles. The van der Waals surface area contributed by atoms with Crippen LogP contribution < -0.4 is 5.32 Å². The third-order valence-corrected chi connectivity index (χ3v) is 4.00. The minimum Gasteiger partial charge on any atom is -0.378 e. The lowest BCUT2D eigenvalue weighted by Crippen LogP contribution is -2.07. The van der Waals surface area contributed by atoms with Gasteiger partial charge in [0, 0.05) is 30.9 Å². The highest BCUT2D eigenvalue weighted by Crippen LogP contribution is 2.14. The second-order valence-electron chi connectivity index (χ2n) is 4.28. The van der Waals surface area contributed by atoms with E-state index in [0.717, 1.165) is 18.1 Å². The van der Waals surface area contributed by atoms with E-state index < -0.39 is 9.84 Å². The highest BCUT2D eigenvalue weighted by molar-refractivity contribution is 7.90. The van der Waals surface area contributed by atoms with E-state index in [1.54, 1.807) is 30.5 Å². The molecule has 0 fully saturated rings. The predicted molar refractivity (Wildman–Crippen MR) is 74.8 cm³/mol. The maximum absolute atomic E-state index is 11.3. The Morgan fingerprint density at radius 2 is 1.95 bits per heavy atom. The van der Waals surface area contributed by atoms with E-state index in [-0.39, 0.29) is 0 Å². The highest BCUT2D eigenvalue weighted by Gasteiger charge is 2.06. The van der Waals surface area contributed by atoms with Gasteiger partial charge in [-0.15, -0.1) is 0 Å². The van der Waals surface area contributed by atoms with E-state index in [1.165, 1.54) is 6.26 Å². The zero-order chi connectivity index (χ0) is 13.9. The van der Waals surface area contributed by atoms with Crippen LogP contribution in [0.1, 0.15) is 12.7 Å². The molecule has 1 heterocycles. The predicted octanol–water partition coefficient (Wildman–Crippen LogP) is 1.92. The van der Waals surface area contributed by atoms with Gasteiger partial charge in [-0.2, -0.15) is 0 Å². The van der Waals surface area contributed by atoms with Crippen molar-refractivity contribution in [2.45, 2.75) is 24.9 Å². The van der Waals surface area contributed by atoms with E-state index in [2.05, 4.69) is 21.8 Å². The van der Waals surface area contributed by atoms with Crippen molar-refractivity contribution in [3.05, 3.63) is 42.5 Å². The van der Waals surface area contributed by atoms with Gasteiger partial charge in [0.25, 0.3) is 0 Å². The van der Waals surface area contributed by atoms with Crippen LogP contribution in [-0.2, 0) is 22.9 Å². The number of nitrogens with zero attached hydrogens (tertiary/aromatic N) is 2. The Kier molecular flexibility index (Phi) is 3.90. The van der Waals surface area contributed by atoms with Crippen molar-refractivity contribution in [2.24, 2.45) is 0 Å². The first-order valence-electron chi connectivity index (χ1n) is 6.04. The molecule has 0 aliphatic heterocycles. The molecule has 1 aromatic heterocycles. The molecule has 0 spiro atoms. The van der Waals surface area contributed by atoms with Crippen molar-refractivity contribution in [1.82, 2.24) is 9.55 Å². The molecule has 0 aliphatic carbocycles. The second kappa shape index (κ2) is 5.44. The fourth-order valence-electron chi connectivity index (χ4n) is 1.80. The topological polar surface area (TPSA) is 64.0 Å². The Morgan fingerprint density at radius 3 is 2.53 bits per heavy atom. The fraction of sp³-hybridized carbons (Fsp3) is 0.308. The van der Waals surface area contributed by atoms with Crippen LogP contribution in [0.25, 0.3) is 0 Å². The first-order chi connectivity index (χ1) is 9.00. The van der Waals surface area contributed by atoms with Gasteiger partial charge in [-0.25, -0.2) is 13.4 Å². The van der Waals surface area contributed by atoms with Crippen LogP contribution in [-0.4, -0.2) is 24.2 Å². The number of rotatable bonds is 5. The summed E-state index contributed by atoms with van der Waals surface area (Å²) in [5.41, 5.74) is 0.873. The van der Waals surface area contributed by atoms with Crippen molar-refractivity contribution < 1.29 is 8.42 Å². The molecule has 0 bridgehead atoms. The van der Waals surface area contributed by atoms with Gasteiger partial charge < -0.3 is 9.88 Å². The molecule has 0 radical (unpaired) electrons. The molecule has 2 rings (SSSR count). The van der Waals surface area contributed by atoms with Gasteiger partial charge >= 0.3 is 0 Å². The molecular formula is C13H17N3O2S. The minimum absolute atomic E-state index is 0.327. The van der Waals surface area contributed by atoms with E-state index in [0.29, 0.717) is 11.4 Å². The maximum Gasteiger partial charge on any atom is 0.175 e. The number of hydrogen-bond donors (Lipinski definition) is 1. The lowest BCUT2D eigenvalue weighted by atomic mass is 10.3. The molecule has 5 nitrogen and oxygen atoms in total. The van der Waals surface area contributed by atoms with Crippen LogP contribution in [0.2, 0.25) is 0 Å². The van der Waals surface area contributed by atoms with Crippen molar-refractivity contribution in [3.8, 4) is 0 Å². The number of aryl methyl sites for hydroxylation is 1. The van der Waals surface area contributed by atoms with Gasteiger partial charge in [-0.3, -0.25) is 0 Å². The summed E-state index contributed by atoms with van der Waals surface area (Å²) < 4.78 is 24.7. The molecular weight excluding hydrogens is 262 g/mol. The summed E-state index contributed by atoms with van der Waals surface area (Å²) in [4.78, 5) is 4.59. The van der Waals surface area contributed by atoms with Gasteiger partial charge in [0.1, 0.15) is 5.82 Å². The minimum atomic E-state index is -3.13. The van der Waals surface area contributed by atoms with Crippen molar-refractivity contribution in [1.29, 1.82) is 0 Å². The van der Waals surface area contributed by atoms with Crippen LogP contribution in [0.5, 0.6) is 0 Å². The summed E-state index contributed by atoms with van der Waals surface area (Å²) in [6.45, 7) is 3.55. The largest absolute Gasteiger partial charge is 0.378 e. The SMILES string of the molecule is CCn1ccnc1CNc1ccc(S(C)(=O)=O)cc1. The van der Waals surface area contributed by atoms with Crippen molar-refractivity contribution >= 4 is 15.5 Å². The molecule has 0 unspecified atom stereocenters. The lowest BCUT2D eigenvalue weighted by molar-refractivity contribution is 0.602. The Bertz CT molecular complexity index is 645. The number of imidazole rings is 1. The monoisotopic (exact) mass is 279 g/mol. The molecule has 0 aliphatic rings. The maximum atomic E-state index is 11.3. The standard InChI is InChI=1S/C13H17N3O2S/c1-3-16-9-8-14-13(16)10-15-11-4-6-12(7-5-11)19(2,17)18/h4-9,15H,3,10H2,1-2H3. The van der Waals surface area contributed by atoms with E-state index in [9.17, 15) is 8.42 Å². The smallest absolute Gasteiger partial charge is 0.175 e. The molecule has 102 valence electrons. The average molecular weight is 279 g/mol. The number of anilines is 1. The Hall–Kier alpha value is -1.82. The summed E-state index contributed by atoms with van der Waals surface area (Å²) in [6, 6.07) is 6.72. The third-order valence-electron chi connectivity index (χ3n) is 2.88. The molecule has 0 atom stereocenters. The number of benzene rings is 1. The van der Waals surface area contributed by atoms with Gasteiger partial charge in [-0.05, 0) is 31.2 Å². The number of aromatic nitrogens is 2. The molecule has 1 N–H and O–H groups in total. The summed E-state index contributed by atoms with van der Waals surface area (Å²) >= 11 is 0. The van der Waals surface area contributed by atoms with E-state index in [1.807, 2.05) is 6.20 Å². The highest BCUT2D eigenvalue weighted by atomic mass is 32.2. The van der Waals surface area contributed by atoms with Crippen LogP contribution >= 0.6 is 0 Å². The third kappa shape index (κ3) is 3.35. The van der Waals surface area contributed by atoms with E-state index >= 15 is 0 Å². The van der Waals surface area contributed by atoms with Gasteiger partial charge in [0.15, 0.2) is 9.84 Å². The van der Waals surface area contributed by atoms with Gasteiger partial charge in [0.2, 0.25) is 0 Å². The average Bonchev–Trinajstić information content (AvgIpc) is 2.83. The van der Waals surface area contributed by atoms with Gasteiger partial charge in [-0.1, -0.05) is 0 Å². The first-order valence-corrected chi connectivity index (χ1v) is 7.94. The van der Waals surface area contributed by atoms with Crippen LogP contribution in [0.3, 0.4) is 0 Å². The van der Waals surface area contributed by atoms with E-state index in [4.69, 9.17) is 0 Å². The quantitative estimate of drug-likeness (QED) is 0.908. The summed E-state index contributed by atoms with van der Waals surface area (Å²) in [5, 5.41) is 3.22. The van der Waals surface area contributed by atoms with Crippen LogP contribution in [0.15, 0.2) is 41.6 Å². The number of sulfone groups is 1. The molecule has 2 aromatic rings. The summed E-state index contributed by atoms with van der Waals surface area (Å²) in [7, 11) is -3.13. The Morgan fingerprint density at radius 1 is 1.26 bits per heavy atom. The molecule has 0 amide bonds. The van der Waals surface area contributed by atoms with Gasteiger partial charge in [0.05, 0.1) is 11.4 Å². The molecule has 0 saturated carbocycles. The molecule has 19 heavy (non-hydrogen) atoms. The zero-order valence-electron chi connectivity index (χ0n) is 11.0. The van der Waals surface area contributed by atoms with Crippen molar-refractivity contribution in [2.75, 3.05) is 11.6 Å². The molecule has 1 aromatic carbocycles. The van der Waals surface area contributed by atoms with Crippen molar-refractivity contribution in [3.63, 3.8) is 0 Å². The van der Waals surface area contributed by atoms with Crippen LogP contribution in [0, 0.1) is 0 Å². The number of hydrogen-bond acceptors (Lipinski definition) is 4. The van der Waals surface area contributed by atoms with Crippen LogP contribution in [0.4, 0.5) is 5.69 Å². The fourth-order valence-corrected chi connectivity index (χ4v) is 2.43. The number of nitrogens with one attached hydrogen (secondary N) is 1. The first kappa shape index (κ1) is 13.6. The second-order valence-corrected chi connectivity index (χ2v) is 6.30. The Balaban J connectivity index is 2.05. The summed E-state index contributed by atoms with van der Waals surface area (Å²) in [5.74, 6) is 0.953. The summed E-state index contributed by atoms with van der Waals surface area (Å²) in [6.07, 6.45) is 4.91. The normalized spacial score (nSPS) is 11.5. The lowest BCUT2D eigenvalue weighted by Gasteiger charge is -2.08. The zero-order valence-corrected chi connectivity index (χ0v) is 11.8. The molecule has 6 heteroatoms. The Labute approximate surface area is 113 Å².